The van der Waals surface area contributed by atoms with Gasteiger partial charge in [-0.3, -0.25) is 9.59 Å². The summed E-state index contributed by atoms with van der Waals surface area (Å²) in [7, 11) is 0. The number of aryl methyl sites for hydroxylation is 1. The van der Waals surface area contributed by atoms with Gasteiger partial charge in [-0.1, -0.05) is 30.3 Å². The van der Waals surface area contributed by atoms with E-state index < -0.39 is 11.6 Å². The van der Waals surface area contributed by atoms with Crippen LogP contribution in [-0.2, 0) is 22.6 Å². The minimum Gasteiger partial charge on any atom is -0.344 e. The summed E-state index contributed by atoms with van der Waals surface area (Å²) in [5, 5.41) is 17.2. The number of aromatic amines is 1. The molecule has 2 aromatic carbocycles. The molecule has 37 heavy (non-hydrogen) atoms. The fraction of sp³-hybridized carbons (Fsp3) is 0.296. The molecule has 10 nitrogen and oxygen atoms in total. The maximum Gasteiger partial charge on any atom is 0.249 e. The van der Waals surface area contributed by atoms with E-state index in [0.29, 0.717) is 25.2 Å². The number of nitrogens with zero attached hydrogens (tertiary/aromatic N) is 5. The van der Waals surface area contributed by atoms with E-state index in [0.717, 1.165) is 28.2 Å². The van der Waals surface area contributed by atoms with Gasteiger partial charge in [0.1, 0.15) is 6.04 Å². The highest BCUT2D eigenvalue weighted by Gasteiger charge is 2.32. The van der Waals surface area contributed by atoms with E-state index in [-0.39, 0.29) is 18.2 Å². The van der Waals surface area contributed by atoms with E-state index in [1.807, 2.05) is 71.4 Å². The van der Waals surface area contributed by atoms with Crippen molar-refractivity contribution in [2.75, 3.05) is 4.90 Å². The molecule has 10 heteroatoms. The van der Waals surface area contributed by atoms with Gasteiger partial charge in [0, 0.05) is 29.5 Å². The van der Waals surface area contributed by atoms with Gasteiger partial charge in [-0.05, 0) is 73.4 Å². The Labute approximate surface area is 214 Å². The fourth-order valence-corrected chi connectivity index (χ4v) is 4.67. The molecule has 0 fully saturated rings. The van der Waals surface area contributed by atoms with Crippen LogP contribution in [0, 0.1) is 0 Å². The zero-order valence-electron chi connectivity index (χ0n) is 20.9. The van der Waals surface area contributed by atoms with Crippen LogP contribution < -0.4 is 16.0 Å². The second-order valence-electron chi connectivity index (χ2n) is 10.0. The van der Waals surface area contributed by atoms with Crippen molar-refractivity contribution in [1.82, 2.24) is 30.5 Å². The molecule has 0 spiro atoms. The average molecular weight is 499 g/mol. The molecule has 1 atom stereocenters. The Balaban J connectivity index is 1.39. The largest absolute Gasteiger partial charge is 0.344 e. The molecule has 1 aliphatic heterocycles. The molecule has 1 aliphatic rings. The lowest BCUT2D eigenvalue weighted by atomic mass is 10.0. The predicted molar refractivity (Wildman–Crippen MR) is 140 cm³/mol. The number of rotatable bonds is 7. The fourth-order valence-electron chi connectivity index (χ4n) is 4.67. The number of nitrogens with one attached hydrogen (secondary N) is 2. The smallest absolute Gasteiger partial charge is 0.249 e. The van der Waals surface area contributed by atoms with Crippen LogP contribution in [0.1, 0.15) is 37.8 Å². The van der Waals surface area contributed by atoms with Crippen LogP contribution >= 0.6 is 0 Å². The van der Waals surface area contributed by atoms with Gasteiger partial charge in [0.25, 0.3) is 0 Å². The van der Waals surface area contributed by atoms with Crippen molar-refractivity contribution in [3.8, 4) is 17.2 Å². The van der Waals surface area contributed by atoms with Gasteiger partial charge in [0.2, 0.25) is 17.6 Å². The molecule has 0 bridgehead atoms. The van der Waals surface area contributed by atoms with Crippen molar-refractivity contribution >= 4 is 17.5 Å². The van der Waals surface area contributed by atoms with Crippen LogP contribution in [0.25, 0.3) is 17.2 Å². The standard InChI is InChI=1S/C27H30N8O2/c1-27(2,28)16-24(36)29-21-14-11-19-6-3-4-7-22(19)35(26(21)37)17-18-9-12-20(13-10-18)34-15-5-8-23(34)25-30-32-33-31-25/h3-10,12-13,15,21H,11,14,16-17,28H2,1-2H3,(H,29,36)(H,30,31,32,33). The van der Waals surface area contributed by atoms with Gasteiger partial charge in [-0.15, -0.1) is 10.2 Å². The number of nitrogens with two attached hydrogens (primary N) is 1. The molecule has 0 saturated carbocycles. The number of fused-ring (bicyclic) bond motifs is 1. The van der Waals surface area contributed by atoms with E-state index in [9.17, 15) is 9.59 Å². The first-order valence-electron chi connectivity index (χ1n) is 12.3. The van der Waals surface area contributed by atoms with Crippen molar-refractivity contribution in [3.63, 3.8) is 0 Å². The molecule has 4 aromatic rings. The topological polar surface area (TPSA) is 135 Å². The van der Waals surface area contributed by atoms with Crippen LogP contribution in [-0.4, -0.2) is 48.6 Å². The first kappa shape index (κ1) is 24.4. The molecule has 4 N–H and O–H groups in total. The van der Waals surface area contributed by atoms with Crippen molar-refractivity contribution in [1.29, 1.82) is 0 Å². The number of para-hydroxylation sites is 1. The molecular weight excluding hydrogens is 468 g/mol. The summed E-state index contributed by atoms with van der Waals surface area (Å²) >= 11 is 0. The number of amides is 2. The molecule has 0 aliphatic carbocycles. The third-order valence-corrected chi connectivity index (χ3v) is 6.38. The molecule has 5 rings (SSSR count). The van der Waals surface area contributed by atoms with Gasteiger partial charge in [-0.2, -0.15) is 5.21 Å². The average Bonchev–Trinajstić information content (AvgIpc) is 3.54. The number of hydrogen-bond acceptors (Lipinski definition) is 6. The number of H-pyrrole nitrogens is 1. The summed E-state index contributed by atoms with van der Waals surface area (Å²) in [5.41, 5.74) is 10.0. The Morgan fingerprint density at radius 2 is 1.92 bits per heavy atom. The Bertz CT molecular complexity index is 1390. The number of anilines is 1. The number of carbonyl (C=O) groups excluding carboxylic acids is 2. The summed E-state index contributed by atoms with van der Waals surface area (Å²) in [6.07, 6.45) is 3.32. The highest BCUT2D eigenvalue weighted by atomic mass is 16.2. The highest BCUT2D eigenvalue weighted by Crippen LogP contribution is 2.29. The quantitative estimate of drug-likeness (QED) is 0.359. The predicted octanol–water partition coefficient (Wildman–Crippen LogP) is 2.75. The minimum atomic E-state index is -0.647. The van der Waals surface area contributed by atoms with Gasteiger partial charge >= 0.3 is 0 Å². The molecule has 2 amide bonds. The lowest BCUT2D eigenvalue weighted by Crippen LogP contribution is -2.49. The summed E-state index contributed by atoms with van der Waals surface area (Å²) in [6, 6.07) is 19.1. The molecule has 0 radical (unpaired) electrons. The number of benzene rings is 2. The number of carbonyl (C=O) groups is 2. The van der Waals surface area contributed by atoms with Crippen LogP contribution in [0.4, 0.5) is 5.69 Å². The van der Waals surface area contributed by atoms with Crippen LogP contribution in [0.5, 0.6) is 0 Å². The molecule has 3 heterocycles. The third-order valence-electron chi connectivity index (χ3n) is 6.38. The number of aromatic nitrogens is 5. The van der Waals surface area contributed by atoms with E-state index in [1.165, 1.54) is 0 Å². The Hall–Kier alpha value is -4.31. The van der Waals surface area contributed by atoms with Crippen molar-refractivity contribution in [3.05, 3.63) is 78.0 Å². The van der Waals surface area contributed by atoms with Gasteiger partial charge < -0.3 is 20.5 Å². The summed E-state index contributed by atoms with van der Waals surface area (Å²) < 4.78 is 1.98. The highest BCUT2D eigenvalue weighted by molar-refractivity contribution is 6.00. The van der Waals surface area contributed by atoms with E-state index in [4.69, 9.17) is 5.73 Å². The van der Waals surface area contributed by atoms with Gasteiger partial charge in [0.15, 0.2) is 0 Å². The van der Waals surface area contributed by atoms with E-state index >= 15 is 0 Å². The third kappa shape index (κ3) is 5.44. The lowest BCUT2D eigenvalue weighted by molar-refractivity contribution is -0.128. The maximum atomic E-state index is 13.7. The second-order valence-corrected chi connectivity index (χ2v) is 10.0. The first-order chi connectivity index (χ1) is 17.8. The maximum absolute atomic E-state index is 13.7. The molecular formula is C27H30N8O2. The Morgan fingerprint density at radius 1 is 1.14 bits per heavy atom. The molecule has 2 aromatic heterocycles. The SMILES string of the molecule is CC(C)(N)CC(=O)NC1CCc2ccccc2N(Cc2ccc(-n3cccc3-c3nn[nH]n3)cc2)C1=O. The van der Waals surface area contributed by atoms with Crippen LogP contribution in [0.3, 0.4) is 0 Å². The van der Waals surface area contributed by atoms with Crippen molar-refractivity contribution < 1.29 is 9.59 Å². The van der Waals surface area contributed by atoms with Gasteiger partial charge in [0.05, 0.1) is 12.2 Å². The summed E-state index contributed by atoms with van der Waals surface area (Å²) in [4.78, 5) is 28.1. The molecule has 190 valence electrons. The monoisotopic (exact) mass is 498 g/mol. The summed E-state index contributed by atoms with van der Waals surface area (Å²) in [5.74, 6) is 0.166. The molecule has 1 unspecified atom stereocenters. The second kappa shape index (κ2) is 9.98. The zero-order valence-corrected chi connectivity index (χ0v) is 20.9. The van der Waals surface area contributed by atoms with Crippen LogP contribution in [0.2, 0.25) is 0 Å². The Kier molecular flexibility index (Phi) is 6.58. The van der Waals surface area contributed by atoms with Crippen molar-refractivity contribution in [2.24, 2.45) is 5.73 Å². The molecule has 0 saturated heterocycles. The number of hydrogen-bond donors (Lipinski definition) is 3. The van der Waals surface area contributed by atoms with Crippen LogP contribution in [0.15, 0.2) is 66.9 Å². The van der Waals surface area contributed by atoms with Crippen molar-refractivity contribution in [2.45, 2.75) is 51.2 Å². The zero-order chi connectivity index (χ0) is 26.0. The van der Waals surface area contributed by atoms with E-state index in [1.54, 1.807) is 18.7 Å². The Morgan fingerprint density at radius 3 is 2.65 bits per heavy atom. The van der Waals surface area contributed by atoms with E-state index in [2.05, 4.69) is 25.9 Å². The van der Waals surface area contributed by atoms with Gasteiger partial charge in [-0.25, -0.2) is 0 Å². The lowest BCUT2D eigenvalue weighted by Gasteiger charge is -2.27. The number of tetrazole rings is 1. The summed E-state index contributed by atoms with van der Waals surface area (Å²) in [6.45, 7) is 3.98. The minimum absolute atomic E-state index is 0.123. The normalized spacial score (nSPS) is 15.8. The first-order valence-corrected chi connectivity index (χ1v) is 12.3.